The number of hydrogen-bond donors (Lipinski definition) is 1. The van der Waals surface area contributed by atoms with Crippen molar-refractivity contribution in [2.24, 2.45) is 11.8 Å². The quantitative estimate of drug-likeness (QED) is 0.900. The molecule has 3 aliphatic rings. The van der Waals surface area contributed by atoms with Gasteiger partial charge in [-0.2, -0.15) is 0 Å². The number of fused-ring (bicyclic) bond motifs is 2. The van der Waals surface area contributed by atoms with Crippen molar-refractivity contribution in [2.45, 2.75) is 32.0 Å². The molecular formula is C19H24N2O4. The lowest BCUT2D eigenvalue weighted by molar-refractivity contribution is -0.151. The summed E-state index contributed by atoms with van der Waals surface area (Å²) in [6, 6.07) is 8.40. The highest BCUT2D eigenvalue weighted by Gasteiger charge is 2.56. The number of carbonyl (C=O) groups is 2. The number of amides is 1. The summed E-state index contributed by atoms with van der Waals surface area (Å²) in [5.41, 5.74) is 2.40. The van der Waals surface area contributed by atoms with Gasteiger partial charge < -0.3 is 19.6 Å². The Balaban J connectivity index is 1.41. The number of carboxylic acids is 1. The molecule has 6 heteroatoms. The van der Waals surface area contributed by atoms with Gasteiger partial charge in [0, 0.05) is 31.9 Å². The number of piperazine rings is 1. The molecule has 2 bridgehead atoms. The minimum absolute atomic E-state index is 0.0387. The lowest BCUT2D eigenvalue weighted by atomic mass is 9.78. The first-order valence-electron chi connectivity index (χ1n) is 9.03. The zero-order valence-electron chi connectivity index (χ0n) is 14.4. The van der Waals surface area contributed by atoms with Gasteiger partial charge in [-0.3, -0.25) is 9.59 Å². The molecule has 4 unspecified atom stereocenters. The van der Waals surface area contributed by atoms with Crippen LogP contribution in [0.1, 0.15) is 18.4 Å². The summed E-state index contributed by atoms with van der Waals surface area (Å²) in [7, 11) is 0. The third-order valence-electron chi connectivity index (χ3n) is 5.83. The molecule has 4 rings (SSSR count). The fourth-order valence-corrected chi connectivity index (χ4v) is 4.46. The van der Waals surface area contributed by atoms with Gasteiger partial charge in [0.1, 0.15) is 0 Å². The molecule has 4 atom stereocenters. The number of carbonyl (C=O) groups excluding carboxylic acids is 1. The summed E-state index contributed by atoms with van der Waals surface area (Å²) in [6.07, 6.45) is 1.06. The van der Waals surface area contributed by atoms with Crippen LogP contribution >= 0.6 is 0 Å². The standard InChI is InChI=1S/C19H24N2O4/c1-12-2-4-13(5-3-12)20-8-10-21(11-9-20)18(22)16-14-6-7-15(25-14)17(16)19(23)24/h2-5,14-17H,6-11H2,1H3,(H,23,24). The Morgan fingerprint density at radius 2 is 1.60 bits per heavy atom. The largest absolute Gasteiger partial charge is 0.481 e. The lowest BCUT2D eigenvalue weighted by Crippen LogP contribution is -2.53. The van der Waals surface area contributed by atoms with E-state index < -0.39 is 17.8 Å². The summed E-state index contributed by atoms with van der Waals surface area (Å²) in [6.45, 7) is 4.87. The summed E-state index contributed by atoms with van der Waals surface area (Å²) in [5.74, 6) is -2.13. The van der Waals surface area contributed by atoms with Gasteiger partial charge in [-0.15, -0.1) is 0 Å². The first-order valence-corrected chi connectivity index (χ1v) is 9.03. The van der Waals surface area contributed by atoms with E-state index in [9.17, 15) is 14.7 Å². The highest BCUT2D eigenvalue weighted by molar-refractivity contribution is 5.86. The molecule has 3 aliphatic heterocycles. The van der Waals surface area contributed by atoms with Crippen LogP contribution in [0.15, 0.2) is 24.3 Å². The summed E-state index contributed by atoms with van der Waals surface area (Å²) in [4.78, 5) is 28.7. The number of aliphatic carboxylic acids is 1. The Labute approximate surface area is 147 Å². The fourth-order valence-electron chi connectivity index (χ4n) is 4.46. The third-order valence-corrected chi connectivity index (χ3v) is 5.83. The van der Waals surface area contributed by atoms with Crippen molar-refractivity contribution in [3.05, 3.63) is 29.8 Å². The van der Waals surface area contributed by atoms with E-state index in [4.69, 9.17) is 4.74 Å². The normalized spacial score (nSPS) is 31.4. The topological polar surface area (TPSA) is 70.1 Å². The molecule has 3 heterocycles. The minimum Gasteiger partial charge on any atom is -0.481 e. The van der Waals surface area contributed by atoms with Gasteiger partial charge in [-0.25, -0.2) is 0 Å². The number of benzene rings is 1. The van der Waals surface area contributed by atoms with Gasteiger partial charge in [0.2, 0.25) is 5.91 Å². The molecule has 6 nitrogen and oxygen atoms in total. The molecule has 134 valence electrons. The molecule has 0 aromatic heterocycles. The fraction of sp³-hybridized carbons (Fsp3) is 0.579. The first kappa shape index (κ1) is 16.4. The van der Waals surface area contributed by atoms with Gasteiger partial charge in [0.05, 0.1) is 24.0 Å². The van der Waals surface area contributed by atoms with E-state index in [1.807, 2.05) is 4.90 Å². The van der Waals surface area contributed by atoms with Crippen molar-refractivity contribution in [1.82, 2.24) is 4.90 Å². The smallest absolute Gasteiger partial charge is 0.310 e. The molecule has 0 radical (unpaired) electrons. The van der Waals surface area contributed by atoms with E-state index in [1.165, 1.54) is 11.3 Å². The first-order chi connectivity index (χ1) is 12.0. The molecule has 3 fully saturated rings. The maximum Gasteiger partial charge on any atom is 0.310 e. The molecule has 0 aliphatic carbocycles. The van der Waals surface area contributed by atoms with Crippen LogP contribution < -0.4 is 4.90 Å². The van der Waals surface area contributed by atoms with E-state index in [-0.39, 0.29) is 18.1 Å². The Morgan fingerprint density at radius 1 is 1.00 bits per heavy atom. The van der Waals surface area contributed by atoms with Crippen LogP contribution in [0.4, 0.5) is 5.69 Å². The second kappa shape index (κ2) is 6.33. The zero-order valence-corrected chi connectivity index (χ0v) is 14.4. The van der Waals surface area contributed by atoms with E-state index in [1.54, 1.807) is 0 Å². The number of hydrogen-bond acceptors (Lipinski definition) is 4. The number of rotatable bonds is 3. The van der Waals surface area contributed by atoms with Crippen molar-refractivity contribution in [3.63, 3.8) is 0 Å². The van der Waals surface area contributed by atoms with Crippen LogP contribution in [-0.2, 0) is 14.3 Å². The number of ether oxygens (including phenoxy) is 1. The Hall–Kier alpha value is -2.08. The van der Waals surface area contributed by atoms with Crippen molar-refractivity contribution in [2.75, 3.05) is 31.1 Å². The summed E-state index contributed by atoms with van der Waals surface area (Å²) < 4.78 is 5.73. The predicted molar refractivity (Wildman–Crippen MR) is 92.5 cm³/mol. The van der Waals surface area contributed by atoms with Gasteiger partial charge in [0.25, 0.3) is 0 Å². The predicted octanol–water partition coefficient (Wildman–Crippen LogP) is 1.52. The maximum absolute atomic E-state index is 13.0. The van der Waals surface area contributed by atoms with E-state index in [0.717, 1.165) is 25.9 Å². The molecule has 3 saturated heterocycles. The molecule has 1 N–H and O–H groups in total. The molecule has 0 spiro atoms. The number of anilines is 1. The highest BCUT2D eigenvalue weighted by Crippen LogP contribution is 2.44. The van der Waals surface area contributed by atoms with Crippen LogP contribution in [0, 0.1) is 18.8 Å². The average Bonchev–Trinajstić information content (AvgIpc) is 3.23. The number of aryl methyl sites for hydroxylation is 1. The van der Waals surface area contributed by atoms with Crippen molar-refractivity contribution >= 4 is 17.6 Å². The SMILES string of the molecule is Cc1ccc(N2CCN(C(=O)C3C4CCC(O4)C3C(=O)O)CC2)cc1. The van der Waals surface area contributed by atoms with Crippen LogP contribution in [0.3, 0.4) is 0 Å². The van der Waals surface area contributed by atoms with Gasteiger partial charge >= 0.3 is 5.97 Å². The van der Waals surface area contributed by atoms with Crippen LogP contribution in [0.5, 0.6) is 0 Å². The Morgan fingerprint density at radius 3 is 2.20 bits per heavy atom. The van der Waals surface area contributed by atoms with Gasteiger partial charge in [-0.05, 0) is 31.9 Å². The number of nitrogens with zero attached hydrogens (tertiary/aromatic N) is 2. The van der Waals surface area contributed by atoms with Crippen LogP contribution in [0.2, 0.25) is 0 Å². The minimum atomic E-state index is -0.899. The molecule has 1 aromatic carbocycles. The Bertz CT molecular complexity index is 667. The van der Waals surface area contributed by atoms with Crippen molar-refractivity contribution < 1.29 is 19.4 Å². The van der Waals surface area contributed by atoms with E-state index in [2.05, 4.69) is 36.1 Å². The third kappa shape index (κ3) is 2.88. The van der Waals surface area contributed by atoms with Gasteiger partial charge in [-0.1, -0.05) is 17.7 Å². The van der Waals surface area contributed by atoms with Crippen LogP contribution in [0.25, 0.3) is 0 Å². The molecular weight excluding hydrogens is 320 g/mol. The van der Waals surface area contributed by atoms with Crippen molar-refractivity contribution in [1.29, 1.82) is 0 Å². The highest BCUT2D eigenvalue weighted by atomic mass is 16.5. The summed E-state index contributed by atoms with van der Waals surface area (Å²) >= 11 is 0. The number of carboxylic acid groups (broad SMARTS) is 1. The zero-order chi connectivity index (χ0) is 17.6. The summed E-state index contributed by atoms with van der Waals surface area (Å²) in [5, 5.41) is 9.51. The monoisotopic (exact) mass is 344 g/mol. The average molecular weight is 344 g/mol. The molecule has 25 heavy (non-hydrogen) atoms. The van der Waals surface area contributed by atoms with E-state index in [0.29, 0.717) is 13.1 Å². The van der Waals surface area contributed by atoms with Gasteiger partial charge in [0.15, 0.2) is 0 Å². The molecule has 1 aromatic rings. The van der Waals surface area contributed by atoms with E-state index >= 15 is 0 Å². The lowest BCUT2D eigenvalue weighted by Gasteiger charge is -2.38. The molecule has 0 saturated carbocycles. The second-order valence-electron chi connectivity index (χ2n) is 7.33. The second-order valence-corrected chi connectivity index (χ2v) is 7.33. The van der Waals surface area contributed by atoms with Crippen molar-refractivity contribution in [3.8, 4) is 0 Å². The maximum atomic E-state index is 13.0. The Kier molecular flexibility index (Phi) is 4.15. The van der Waals surface area contributed by atoms with Crippen LogP contribution in [-0.4, -0.2) is 60.3 Å². The molecule has 1 amide bonds.